The monoisotopic (exact) mass is 279 g/mol. The fraction of sp³-hybridized carbons (Fsp3) is 0.500. The molecule has 1 heterocycles. The van der Waals surface area contributed by atoms with Crippen molar-refractivity contribution in [3.8, 4) is 0 Å². The number of hydrogen-bond donors (Lipinski definition) is 3. The number of carboxylic acid groups (broad SMARTS) is 1. The Balaban J connectivity index is 2.81. The number of carbonyl (C=O) groups is 2. The smallest absolute Gasteiger partial charge is 0.319 e. The van der Waals surface area contributed by atoms with Gasteiger partial charge < -0.3 is 15.7 Å². The predicted octanol–water partition coefficient (Wildman–Crippen LogP) is 2.40. The number of nitrogens with zero attached hydrogens (tertiary/aromatic N) is 1. The molecule has 0 saturated carbocycles. The van der Waals surface area contributed by atoms with Crippen molar-refractivity contribution in [3.05, 3.63) is 24.0 Å². The molecule has 0 aliphatic rings. The lowest BCUT2D eigenvalue weighted by Crippen LogP contribution is -2.57. The number of carboxylic acids is 1. The largest absolute Gasteiger partial charge is 0.481 e. The molecule has 0 saturated heterocycles. The first-order chi connectivity index (χ1) is 9.08. The number of pyridine rings is 1. The summed E-state index contributed by atoms with van der Waals surface area (Å²) in [5.41, 5.74) is -0.736. The average molecular weight is 279 g/mol. The lowest BCUT2D eigenvalue weighted by atomic mass is 9.74. The van der Waals surface area contributed by atoms with Crippen molar-refractivity contribution >= 4 is 17.7 Å². The number of aliphatic carboxylic acids is 1. The second kappa shape index (κ2) is 5.48. The number of aryl methyl sites for hydroxylation is 1. The highest BCUT2D eigenvalue weighted by Gasteiger charge is 2.44. The number of carbonyl (C=O) groups excluding carboxylic acids is 1. The van der Waals surface area contributed by atoms with Crippen molar-refractivity contribution < 1.29 is 14.7 Å². The number of aromatic nitrogens is 1. The maximum absolute atomic E-state index is 12.0. The van der Waals surface area contributed by atoms with Crippen molar-refractivity contribution in [3.63, 3.8) is 0 Å². The molecule has 0 unspecified atom stereocenters. The van der Waals surface area contributed by atoms with E-state index < -0.39 is 23.0 Å². The molecule has 0 radical (unpaired) electrons. The summed E-state index contributed by atoms with van der Waals surface area (Å²) in [5, 5.41) is 14.6. The molecular formula is C14H21N3O3. The fourth-order valence-electron chi connectivity index (χ4n) is 1.48. The number of amides is 2. The van der Waals surface area contributed by atoms with Crippen molar-refractivity contribution in [1.82, 2.24) is 10.3 Å². The van der Waals surface area contributed by atoms with Crippen LogP contribution in [0.3, 0.4) is 0 Å². The lowest BCUT2D eigenvalue weighted by molar-refractivity contribution is -0.150. The summed E-state index contributed by atoms with van der Waals surface area (Å²) in [6, 6.07) is 2.99. The average Bonchev–Trinajstić information content (AvgIpc) is 2.31. The summed E-state index contributed by atoms with van der Waals surface area (Å²) < 4.78 is 0. The third-order valence-electron chi connectivity index (χ3n) is 3.78. The fourth-order valence-corrected chi connectivity index (χ4v) is 1.48. The van der Waals surface area contributed by atoms with Gasteiger partial charge in [0.05, 0.1) is 22.3 Å². The van der Waals surface area contributed by atoms with Gasteiger partial charge in [-0.15, -0.1) is 0 Å². The minimum Gasteiger partial charge on any atom is -0.481 e. The Bertz CT molecular complexity index is 524. The van der Waals surface area contributed by atoms with Crippen LogP contribution < -0.4 is 10.6 Å². The van der Waals surface area contributed by atoms with Gasteiger partial charge in [0.2, 0.25) is 0 Å². The summed E-state index contributed by atoms with van der Waals surface area (Å²) in [6.45, 7) is 8.28. The van der Waals surface area contributed by atoms with Crippen molar-refractivity contribution in [1.29, 1.82) is 0 Å². The predicted molar refractivity (Wildman–Crippen MR) is 76.6 cm³/mol. The Morgan fingerprint density at radius 1 is 1.25 bits per heavy atom. The van der Waals surface area contributed by atoms with E-state index in [0.717, 1.165) is 0 Å². The Morgan fingerprint density at radius 3 is 2.35 bits per heavy atom. The van der Waals surface area contributed by atoms with Crippen LogP contribution >= 0.6 is 0 Å². The topological polar surface area (TPSA) is 91.3 Å². The van der Waals surface area contributed by atoms with Gasteiger partial charge in [0, 0.05) is 6.20 Å². The summed E-state index contributed by atoms with van der Waals surface area (Å²) in [5.74, 6) is -0.972. The first kappa shape index (κ1) is 15.9. The lowest BCUT2D eigenvalue weighted by Gasteiger charge is -2.38. The molecule has 1 rings (SSSR count). The van der Waals surface area contributed by atoms with Crippen molar-refractivity contribution in [2.45, 2.75) is 40.2 Å². The van der Waals surface area contributed by atoms with E-state index in [1.54, 1.807) is 52.9 Å². The Morgan fingerprint density at radius 2 is 1.85 bits per heavy atom. The molecule has 3 N–H and O–H groups in total. The minimum absolute atomic E-state index is 0.458. The Labute approximate surface area is 118 Å². The second-order valence-corrected chi connectivity index (χ2v) is 5.77. The van der Waals surface area contributed by atoms with Gasteiger partial charge in [0.15, 0.2) is 0 Å². The van der Waals surface area contributed by atoms with Crippen LogP contribution in [0.5, 0.6) is 0 Å². The summed E-state index contributed by atoms with van der Waals surface area (Å²) in [4.78, 5) is 27.4. The zero-order valence-electron chi connectivity index (χ0n) is 12.4. The van der Waals surface area contributed by atoms with Gasteiger partial charge in [-0.2, -0.15) is 0 Å². The van der Waals surface area contributed by atoms with Crippen LogP contribution in [0.25, 0.3) is 0 Å². The zero-order chi connectivity index (χ0) is 15.6. The number of anilines is 1. The maximum Gasteiger partial charge on any atom is 0.319 e. The van der Waals surface area contributed by atoms with Gasteiger partial charge in [-0.25, -0.2) is 4.79 Å². The van der Waals surface area contributed by atoms with Crippen LogP contribution in [0, 0.1) is 12.3 Å². The summed E-state index contributed by atoms with van der Waals surface area (Å²) >= 11 is 0. The van der Waals surface area contributed by atoms with E-state index in [1.165, 1.54) is 0 Å². The van der Waals surface area contributed by atoms with E-state index in [0.29, 0.717) is 11.4 Å². The van der Waals surface area contributed by atoms with E-state index in [2.05, 4.69) is 15.6 Å². The Hall–Kier alpha value is -2.11. The molecule has 0 aliphatic carbocycles. The number of nitrogens with one attached hydrogen (secondary N) is 2. The van der Waals surface area contributed by atoms with E-state index in [-0.39, 0.29) is 0 Å². The first-order valence-corrected chi connectivity index (χ1v) is 6.32. The van der Waals surface area contributed by atoms with Gasteiger partial charge >= 0.3 is 12.0 Å². The third kappa shape index (κ3) is 3.26. The van der Waals surface area contributed by atoms with E-state index >= 15 is 0 Å². The standard InChI is InChI=1S/C14H21N3O3/c1-9-10(7-6-8-15-9)16-12(20)17-14(4,5)13(2,3)11(18)19/h6-8H,1-5H3,(H,18,19)(H2,16,17,20). The molecule has 6 nitrogen and oxygen atoms in total. The molecule has 110 valence electrons. The number of hydrogen-bond acceptors (Lipinski definition) is 3. The normalized spacial score (nSPS) is 11.8. The summed E-state index contributed by atoms with van der Waals surface area (Å²) in [6.07, 6.45) is 1.63. The van der Waals surface area contributed by atoms with Crippen LogP contribution in [-0.2, 0) is 4.79 Å². The molecule has 0 spiro atoms. The van der Waals surface area contributed by atoms with Gasteiger partial charge in [0.25, 0.3) is 0 Å². The van der Waals surface area contributed by atoms with Gasteiger partial charge in [-0.1, -0.05) is 0 Å². The maximum atomic E-state index is 12.0. The van der Waals surface area contributed by atoms with E-state index in [4.69, 9.17) is 0 Å². The minimum atomic E-state index is -1.10. The van der Waals surface area contributed by atoms with Crippen molar-refractivity contribution in [2.24, 2.45) is 5.41 Å². The highest BCUT2D eigenvalue weighted by atomic mass is 16.4. The highest BCUT2D eigenvalue weighted by Crippen LogP contribution is 2.30. The molecule has 20 heavy (non-hydrogen) atoms. The Kier molecular flexibility index (Phi) is 4.37. The molecule has 0 fully saturated rings. The van der Waals surface area contributed by atoms with Gasteiger partial charge in [0.1, 0.15) is 0 Å². The molecule has 0 atom stereocenters. The molecule has 0 bridgehead atoms. The number of urea groups is 1. The first-order valence-electron chi connectivity index (χ1n) is 6.32. The molecule has 2 amide bonds. The highest BCUT2D eigenvalue weighted by molar-refractivity contribution is 5.91. The SMILES string of the molecule is Cc1ncccc1NC(=O)NC(C)(C)C(C)(C)C(=O)O. The second-order valence-electron chi connectivity index (χ2n) is 5.77. The van der Waals surface area contributed by atoms with Crippen molar-refractivity contribution in [2.75, 3.05) is 5.32 Å². The van der Waals surface area contributed by atoms with Crippen LogP contribution in [-0.4, -0.2) is 27.6 Å². The molecular weight excluding hydrogens is 258 g/mol. The third-order valence-corrected chi connectivity index (χ3v) is 3.78. The molecule has 0 aromatic carbocycles. The molecule has 1 aromatic heterocycles. The number of rotatable bonds is 4. The van der Waals surface area contributed by atoms with E-state index in [1.807, 2.05) is 0 Å². The summed E-state index contributed by atoms with van der Waals surface area (Å²) in [7, 11) is 0. The van der Waals surface area contributed by atoms with Crippen LogP contribution in [0.4, 0.5) is 10.5 Å². The molecule has 0 aliphatic heterocycles. The van der Waals surface area contributed by atoms with Crippen LogP contribution in [0.15, 0.2) is 18.3 Å². The van der Waals surface area contributed by atoms with Crippen LogP contribution in [0.2, 0.25) is 0 Å². The van der Waals surface area contributed by atoms with Gasteiger partial charge in [-0.3, -0.25) is 9.78 Å². The van der Waals surface area contributed by atoms with E-state index in [9.17, 15) is 14.7 Å². The molecule has 6 heteroatoms. The van der Waals surface area contributed by atoms with Crippen LogP contribution in [0.1, 0.15) is 33.4 Å². The zero-order valence-corrected chi connectivity index (χ0v) is 12.4. The van der Waals surface area contributed by atoms with Gasteiger partial charge in [-0.05, 0) is 46.8 Å². The quantitative estimate of drug-likeness (QED) is 0.789. The molecule has 1 aromatic rings.